The van der Waals surface area contributed by atoms with Crippen LogP contribution in [0.1, 0.15) is 11.4 Å². The molecule has 1 aromatic heterocycles. The molecule has 21 heavy (non-hydrogen) atoms. The lowest BCUT2D eigenvalue weighted by Crippen LogP contribution is -2.04. The highest BCUT2D eigenvalue weighted by Crippen LogP contribution is 2.22. The summed E-state index contributed by atoms with van der Waals surface area (Å²) in [6.07, 6.45) is 0. The molecular formula is C16H14ClIN2O. The zero-order valence-electron chi connectivity index (χ0n) is 11.5. The normalized spacial score (nSPS) is 11.0. The van der Waals surface area contributed by atoms with Crippen LogP contribution in [0.3, 0.4) is 0 Å². The van der Waals surface area contributed by atoms with Gasteiger partial charge in [0.25, 0.3) is 0 Å². The predicted molar refractivity (Wildman–Crippen MR) is 94.1 cm³/mol. The molecule has 0 spiro atoms. The van der Waals surface area contributed by atoms with E-state index in [0.29, 0.717) is 5.88 Å². The third-order valence-electron chi connectivity index (χ3n) is 3.38. The van der Waals surface area contributed by atoms with Gasteiger partial charge in [0.15, 0.2) is 0 Å². The highest BCUT2D eigenvalue weighted by atomic mass is 127. The van der Waals surface area contributed by atoms with Gasteiger partial charge in [-0.25, -0.2) is 4.98 Å². The minimum Gasteiger partial charge on any atom is -0.497 e. The summed E-state index contributed by atoms with van der Waals surface area (Å²) < 4.78 is 8.62. The number of alkyl halides is 1. The predicted octanol–water partition coefficient (Wildman–Crippen LogP) is 4.44. The maximum Gasteiger partial charge on any atom is 0.125 e. The van der Waals surface area contributed by atoms with Crippen LogP contribution in [0.25, 0.3) is 11.0 Å². The molecule has 0 bridgehead atoms. The van der Waals surface area contributed by atoms with Gasteiger partial charge in [-0.2, -0.15) is 0 Å². The van der Waals surface area contributed by atoms with Crippen LogP contribution in [0.15, 0.2) is 42.5 Å². The molecule has 0 fully saturated rings. The fourth-order valence-corrected chi connectivity index (χ4v) is 3.06. The minimum absolute atomic E-state index is 0.398. The first-order chi connectivity index (χ1) is 10.2. The third kappa shape index (κ3) is 3.01. The van der Waals surface area contributed by atoms with Crippen LogP contribution in [0.4, 0.5) is 0 Å². The Balaban J connectivity index is 2.06. The molecule has 0 saturated heterocycles. The summed E-state index contributed by atoms with van der Waals surface area (Å²) in [5.74, 6) is 2.14. The van der Waals surface area contributed by atoms with Crippen molar-refractivity contribution in [1.82, 2.24) is 9.55 Å². The SMILES string of the molecule is COc1cccc(Cn2c(CCl)nc3cc(I)ccc32)c1. The Hall–Kier alpha value is -1.27. The number of halogens is 2. The average Bonchev–Trinajstić information content (AvgIpc) is 2.84. The number of rotatable bonds is 4. The molecule has 0 N–H and O–H groups in total. The second-order valence-electron chi connectivity index (χ2n) is 4.73. The van der Waals surface area contributed by atoms with E-state index in [0.717, 1.165) is 29.2 Å². The Morgan fingerprint density at radius 1 is 1.24 bits per heavy atom. The monoisotopic (exact) mass is 412 g/mol. The van der Waals surface area contributed by atoms with Gasteiger partial charge in [0, 0.05) is 10.1 Å². The van der Waals surface area contributed by atoms with Crippen molar-refractivity contribution in [3.63, 3.8) is 0 Å². The highest BCUT2D eigenvalue weighted by molar-refractivity contribution is 14.1. The van der Waals surface area contributed by atoms with Gasteiger partial charge in [-0.1, -0.05) is 12.1 Å². The number of benzene rings is 2. The van der Waals surface area contributed by atoms with Gasteiger partial charge in [-0.3, -0.25) is 0 Å². The van der Waals surface area contributed by atoms with Gasteiger partial charge >= 0.3 is 0 Å². The van der Waals surface area contributed by atoms with Gasteiger partial charge in [0.1, 0.15) is 11.6 Å². The first kappa shape index (κ1) is 14.7. The van der Waals surface area contributed by atoms with Gasteiger partial charge < -0.3 is 9.30 Å². The van der Waals surface area contributed by atoms with E-state index >= 15 is 0 Å². The van der Waals surface area contributed by atoms with Crippen molar-refractivity contribution < 1.29 is 4.74 Å². The van der Waals surface area contributed by atoms with Crippen LogP contribution in [-0.4, -0.2) is 16.7 Å². The van der Waals surface area contributed by atoms with Crippen LogP contribution < -0.4 is 4.74 Å². The van der Waals surface area contributed by atoms with Crippen LogP contribution in [0.5, 0.6) is 5.75 Å². The summed E-state index contributed by atoms with van der Waals surface area (Å²) in [7, 11) is 1.68. The van der Waals surface area contributed by atoms with Crippen molar-refractivity contribution in [1.29, 1.82) is 0 Å². The van der Waals surface area contributed by atoms with Gasteiger partial charge in [-0.15, -0.1) is 11.6 Å². The van der Waals surface area contributed by atoms with Gasteiger partial charge in [-0.05, 0) is 58.5 Å². The molecule has 0 aliphatic carbocycles. The van der Waals surface area contributed by atoms with Gasteiger partial charge in [0.05, 0.1) is 24.0 Å². The van der Waals surface area contributed by atoms with Crippen molar-refractivity contribution in [3.8, 4) is 5.75 Å². The summed E-state index contributed by atoms with van der Waals surface area (Å²) in [5, 5.41) is 0. The smallest absolute Gasteiger partial charge is 0.125 e. The molecule has 3 aromatic rings. The fraction of sp³-hybridized carbons (Fsp3) is 0.188. The van der Waals surface area contributed by atoms with Crippen LogP contribution in [0.2, 0.25) is 0 Å². The standard InChI is InChI=1S/C16H14ClIN2O/c1-21-13-4-2-3-11(7-13)10-20-15-6-5-12(18)8-14(15)19-16(20)9-17/h2-8H,9-10H2,1H3. The molecule has 0 unspecified atom stereocenters. The number of hydrogen-bond donors (Lipinski definition) is 0. The summed E-state index contributed by atoms with van der Waals surface area (Å²) in [6, 6.07) is 14.3. The van der Waals surface area contributed by atoms with Crippen LogP contribution >= 0.6 is 34.2 Å². The number of aromatic nitrogens is 2. The topological polar surface area (TPSA) is 27.1 Å². The van der Waals surface area contributed by atoms with Crippen LogP contribution in [-0.2, 0) is 12.4 Å². The molecule has 0 amide bonds. The van der Waals surface area contributed by atoms with E-state index in [1.807, 2.05) is 18.2 Å². The van der Waals surface area contributed by atoms with E-state index in [4.69, 9.17) is 16.3 Å². The lowest BCUT2D eigenvalue weighted by molar-refractivity contribution is 0.414. The summed E-state index contributed by atoms with van der Waals surface area (Å²) in [6.45, 7) is 0.732. The Morgan fingerprint density at radius 3 is 2.86 bits per heavy atom. The van der Waals surface area contributed by atoms with Crippen molar-refractivity contribution in [2.75, 3.05) is 7.11 Å². The third-order valence-corrected chi connectivity index (χ3v) is 4.29. The first-order valence-corrected chi connectivity index (χ1v) is 8.16. The van der Waals surface area contributed by atoms with Crippen molar-refractivity contribution in [2.45, 2.75) is 12.4 Å². The molecule has 0 radical (unpaired) electrons. The Morgan fingerprint density at radius 2 is 2.10 bits per heavy atom. The number of ether oxygens (including phenoxy) is 1. The molecule has 108 valence electrons. The van der Waals surface area contributed by atoms with E-state index in [2.05, 4.69) is 56.4 Å². The number of nitrogens with zero attached hydrogens (tertiary/aromatic N) is 2. The summed E-state index contributed by atoms with van der Waals surface area (Å²) in [4.78, 5) is 4.63. The highest BCUT2D eigenvalue weighted by Gasteiger charge is 2.11. The molecule has 0 saturated carbocycles. The van der Waals surface area contributed by atoms with E-state index in [1.54, 1.807) is 7.11 Å². The molecule has 1 heterocycles. The Bertz CT molecular complexity index is 785. The minimum atomic E-state index is 0.398. The molecule has 2 aromatic carbocycles. The van der Waals surface area contributed by atoms with Crippen molar-refractivity contribution >= 4 is 45.2 Å². The van der Waals surface area contributed by atoms with E-state index in [9.17, 15) is 0 Å². The molecule has 3 nitrogen and oxygen atoms in total. The first-order valence-electron chi connectivity index (χ1n) is 6.55. The lowest BCUT2D eigenvalue weighted by Gasteiger charge is -2.09. The van der Waals surface area contributed by atoms with Crippen LogP contribution in [0, 0.1) is 3.57 Å². The Labute approximate surface area is 142 Å². The average molecular weight is 413 g/mol. The lowest BCUT2D eigenvalue weighted by atomic mass is 10.2. The van der Waals surface area contributed by atoms with E-state index < -0.39 is 0 Å². The van der Waals surface area contributed by atoms with E-state index in [1.165, 1.54) is 9.13 Å². The number of methoxy groups -OCH3 is 1. The Kier molecular flexibility index (Phi) is 4.35. The van der Waals surface area contributed by atoms with Crippen molar-refractivity contribution in [3.05, 3.63) is 57.4 Å². The molecule has 0 aliphatic heterocycles. The second-order valence-corrected chi connectivity index (χ2v) is 6.25. The molecule has 5 heteroatoms. The fourth-order valence-electron chi connectivity index (χ4n) is 2.38. The molecule has 0 atom stereocenters. The largest absolute Gasteiger partial charge is 0.497 e. The number of imidazole rings is 1. The summed E-state index contributed by atoms with van der Waals surface area (Å²) in [5.41, 5.74) is 3.26. The second kappa shape index (κ2) is 6.23. The zero-order valence-corrected chi connectivity index (χ0v) is 14.4. The van der Waals surface area contributed by atoms with E-state index in [-0.39, 0.29) is 0 Å². The summed E-state index contributed by atoms with van der Waals surface area (Å²) >= 11 is 8.35. The maximum absolute atomic E-state index is 6.06. The molecular weight excluding hydrogens is 399 g/mol. The molecule has 3 rings (SSSR count). The van der Waals surface area contributed by atoms with Gasteiger partial charge in [0.2, 0.25) is 0 Å². The quantitative estimate of drug-likeness (QED) is 0.468. The zero-order chi connectivity index (χ0) is 14.8. The number of hydrogen-bond acceptors (Lipinski definition) is 2. The molecule has 0 aliphatic rings. The number of fused-ring (bicyclic) bond motifs is 1. The van der Waals surface area contributed by atoms with Crippen molar-refractivity contribution in [2.24, 2.45) is 0 Å². The maximum atomic E-state index is 6.06.